The van der Waals surface area contributed by atoms with E-state index in [9.17, 15) is 14.7 Å². The average Bonchev–Trinajstić information content (AvgIpc) is 2.94. The molecule has 0 radical (unpaired) electrons. The molecule has 1 aromatic carbocycles. The van der Waals surface area contributed by atoms with Crippen molar-refractivity contribution in [1.82, 2.24) is 10.3 Å². The van der Waals surface area contributed by atoms with Gasteiger partial charge in [0, 0.05) is 17.3 Å². The predicted octanol–water partition coefficient (Wildman–Crippen LogP) is 2.93. The first-order valence-corrected chi connectivity index (χ1v) is 7.62. The fraction of sp³-hybridized carbons (Fsp3) is 0.412. The quantitative estimate of drug-likeness (QED) is 0.815. The summed E-state index contributed by atoms with van der Waals surface area (Å²) in [6, 6.07) is 7.40. The third-order valence-corrected chi connectivity index (χ3v) is 4.72. The number of fused-ring (bicyclic) bond motifs is 1. The number of benzene rings is 1. The third-order valence-electron chi connectivity index (χ3n) is 4.72. The number of carbonyl (C=O) groups excluding carboxylic acids is 1. The van der Waals surface area contributed by atoms with E-state index in [1.54, 1.807) is 12.1 Å². The van der Waals surface area contributed by atoms with Crippen LogP contribution in [0.4, 0.5) is 0 Å². The van der Waals surface area contributed by atoms with Crippen molar-refractivity contribution >= 4 is 22.8 Å². The fourth-order valence-corrected chi connectivity index (χ4v) is 3.40. The van der Waals surface area contributed by atoms with Crippen molar-refractivity contribution in [3.8, 4) is 0 Å². The maximum atomic E-state index is 12.5. The molecule has 1 saturated carbocycles. The van der Waals surface area contributed by atoms with Crippen LogP contribution in [0.1, 0.15) is 43.0 Å². The summed E-state index contributed by atoms with van der Waals surface area (Å²) in [5, 5.41) is 13.4. The van der Waals surface area contributed by atoms with Crippen LogP contribution in [-0.2, 0) is 4.79 Å². The average molecular weight is 300 g/mol. The Morgan fingerprint density at radius 3 is 2.91 bits per heavy atom. The molecule has 1 heterocycles. The molecule has 0 saturated heterocycles. The van der Waals surface area contributed by atoms with Crippen LogP contribution in [0.2, 0.25) is 0 Å². The fourth-order valence-electron chi connectivity index (χ4n) is 3.40. The van der Waals surface area contributed by atoms with Crippen LogP contribution in [0.5, 0.6) is 0 Å². The number of nitrogens with one attached hydrogen (secondary N) is 2. The zero-order valence-corrected chi connectivity index (χ0v) is 12.6. The molecule has 1 aliphatic carbocycles. The lowest BCUT2D eigenvalue weighted by molar-refractivity contribution is -0.145. The van der Waals surface area contributed by atoms with Gasteiger partial charge in [0.1, 0.15) is 0 Å². The highest BCUT2D eigenvalue weighted by molar-refractivity contribution is 5.98. The van der Waals surface area contributed by atoms with E-state index in [2.05, 4.69) is 10.3 Å². The van der Waals surface area contributed by atoms with Gasteiger partial charge in [0.25, 0.3) is 5.91 Å². The number of aromatic nitrogens is 1. The summed E-state index contributed by atoms with van der Waals surface area (Å²) in [6.45, 7) is 1.84. The van der Waals surface area contributed by atoms with Crippen molar-refractivity contribution in [1.29, 1.82) is 0 Å². The van der Waals surface area contributed by atoms with Crippen LogP contribution in [0.3, 0.4) is 0 Å². The Hall–Kier alpha value is -2.30. The van der Waals surface area contributed by atoms with Crippen molar-refractivity contribution < 1.29 is 14.7 Å². The molecule has 1 fully saturated rings. The summed E-state index contributed by atoms with van der Waals surface area (Å²) in [6.07, 6.45) is 4.98. The molecule has 3 N–H and O–H groups in total. The van der Waals surface area contributed by atoms with Crippen LogP contribution in [0, 0.1) is 5.92 Å². The normalized spacial score (nSPS) is 25.0. The smallest absolute Gasteiger partial charge is 0.308 e. The molecule has 2 aromatic rings. The maximum Gasteiger partial charge on any atom is 0.308 e. The monoisotopic (exact) mass is 300 g/mol. The first-order valence-electron chi connectivity index (χ1n) is 7.62. The maximum absolute atomic E-state index is 12.5. The number of aromatic amines is 1. The molecule has 1 aliphatic rings. The summed E-state index contributed by atoms with van der Waals surface area (Å²) in [4.78, 5) is 27.1. The summed E-state index contributed by atoms with van der Waals surface area (Å²) in [5.41, 5.74) is 0.758. The molecule has 1 aromatic heterocycles. The Balaban J connectivity index is 1.83. The first-order chi connectivity index (χ1) is 10.5. The molecular formula is C17H20N2O3. The summed E-state index contributed by atoms with van der Waals surface area (Å²) >= 11 is 0. The molecule has 1 amide bonds. The Morgan fingerprint density at radius 2 is 2.14 bits per heavy atom. The molecule has 2 unspecified atom stereocenters. The highest BCUT2D eigenvalue weighted by atomic mass is 16.4. The van der Waals surface area contributed by atoms with Gasteiger partial charge in [-0.15, -0.1) is 0 Å². The van der Waals surface area contributed by atoms with Gasteiger partial charge in [-0.05, 0) is 43.4 Å². The van der Waals surface area contributed by atoms with Gasteiger partial charge in [0.15, 0.2) is 0 Å². The minimum absolute atomic E-state index is 0.216. The Morgan fingerprint density at radius 1 is 1.32 bits per heavy atom. The van der Waals surface area contributed by atoms with Crippen LogP contribution >= 0.6 is 0 Å². The lowest BCUT2D eigenvalue weighted by atomic mass is 9.73. The number of aliphatic carboxylic acids is 1. The molecule has 0 aliphatic heterocycles. The van der Waals surface area contributed by atoms with E-state index in [0.29, 0.717) is 18.4 Å². The topological polar surface area (TPSA) is 82.2 Å². The number of amides is 1. The lowest BCUT2D eigenvalue weighted by Gasteiger charge is -2.39. The Labute approximate surface area is 128 Å². The first kappa shape index (κ1) is 14.6. The predicted molar refractivity (Wildman–Crippen MR) is 83.8 cm³/mol. The summed E-state index contributed by atoms with van der Waals surface area (Å²) in [7, 11) is 0. The molecule has 0 bridgehead atoms. The van der Waals surface area contributed by atoms with Gasteiger partial charge in [-0.2, -0.15) is 0 Å². The molecule has 0 spiro atoms. The molecule has 2 atom stereocenters. The summed E-state index contributed by atoms with van der Waals surface area (Å²) < 4.78 is 0. The minimum atomic E-state index is -0.831. The lowest BCUT2D eigenvalue weighted by Crippen LogP contribution is -2.55. The van der Waals surface area contributed by atoms with E-state index >= 15 is 0 Å². The minimum Gasteiger partial charge on any atom is -0.481 e. The van der Waals surface area contributed by atoms with Crippen molar-refractivity contribution in [2.24, 2.45) is 5.92 Å². The van der Waals surface area contributed by atoms with Crippen LogP contribution in [0.15, 0.2) is 30.5 Å². The van der Waals surface area contributed by atoms with E-state index in [-0.39, 0.29) is 5.91 Å². The number of hydrogen-bond acceptors (Lipinski definition) is 2. The molecule has 116 valence electrons. The van der Waals surface area contributed by atoms with Crippen molar-refractivity contribution in [2.75, 3.05) is 0 Å². The van der Waals surface area contributed by atoms with Crippen LogP contribution in [-0.4, -0.2) is 27.5 Å². The van der Waals surface area contributed by atoms with Crippen molar-refractivity contribution in [3.63, 3.8) is 0 Å². The van der Waals surface area contributed by atoms with Gasteiger partial charge in [-0.1, -0.05) is 18.9 Å². The SMILES string of the molecule is CC1(NC(=O)c2ccc3cc[nH]c3c2)CCCCC1C(=O)O. The number of carboxylic acid groups (broad SMARTS) is 1. The summed E-state index contributed by atoms with van der Waals surface area (Å²) in [5.74, 6) is -1.58. The molecule has 22 heavy (non-hydrogen) atoms. The van der Waals surface area contributed by atoms with Gasteiger partial charge in [0.05, 0.1) is 11.5 Å². The van der Waals surface area contributed by atoms with E-state index in [4.69, 9.17) is 0 Å². The number of carbonyl (C=O) groups is 2. The van der Waals surface area contributed by atoms with E-state index in [1.165, 1.54) is 0 Å². The number of carboxylic acids is 1. The largest absolute Gasteiger partial charge is 0.481 e. The van der Waals surface area contributed by atoms with E-state index in [0.717, 1.165) is 23.7 Å². The third kappa shape index (κ3) is 2.58. The Bertz CT molecular complexity index is 722. The van der Waals surface area contributed by atoms with Gasteiger partial charge in [0.2, 0.25) is 0 Å². The van der Waals surface area contributed by atoms with Gasteiger partial charge < -0.3 is 15.4 Å². The zero-order valence-electron chi connectivity index (χ0n) is 12.6. The van der Waals surface area contributed by atoms with Crippen LogP contribution in [0.25, 0.3) is 10.9 Å². The zero-order chi connectivity index (χ0) is 15.7. The van der Waals surface area contributed by atoms with E-state index < -0.39 is 17.4 Å². The van der Waals surface area contributed by atoms with E-state index in [1.807, 2.05) is 25.3 Å². The Kier molecular flexibility index (Phi) is 3.64. The second-order valence-corrected chi connectivity index (χ2v) is 6.29. The van der Waals surface area contributed by atoms with Gasteiger partial charge in [-0.3, -0.25) is 9.59 Å². The van der Waals surface area contributed by atoms with Crippen LogP contribution < -0.4 is 5.32 Å². The number of H-pyrrole nitrogens is 1. The van der Waals surface area contributed by atoms with Gasteiger partial charge in [-0.25, -0.2) is 0 Å². The van der Waals surface area contributed by atoms with Gasteiger partial charge >= 0.3 is 5.97 Å². The second-order valence-electron chi connectivity index (χ2n) is 6.29. The standard InChI is InChI=1S/C17H20N2O3/c1-17(8-3-2-4-13(17)16(21)22)19-15(20)12-6-5-11-7-9-18-14(11)10-12/h5-7,9-10,13,18H,2-4,8H2,1H3,(H,19,20)(H,21,22). The number of rotatable bonds is 3. The molecule has 5 heteroatoms. The molecule has 5 nitrogen and oxygen atoms in total. The van der Waals surface area contributed by atoms with Crippen molar-refractivity contribution in [3.05, 3.63) is 36.0 Å². The highest BCUT2D eigenvalue weighted by Crippen LogP contribution is 2.34. The highest BCUT2D eigenvalue weighted by Gasteiger charge is 2.42. The number of hydrogen-bond donors (Lipinski definition) is 3. The van der Waals surface area contributed by atoms with Crippen molar-refractivity contribution in [2.45, 2.75) is 38.1 Å². The second kappa shape index (κ2) is 5.48. The molecular weight excluding hydrogens is 280 g/mol. The molecule has 3 rings (SSSR count).